The molecule has 2 rings (SSSR count). The topological polar surface area (TPSA) is 44.5 Å². The maximum atomic E-state index is 5.95. The van der Waals surface area contributed by atoms with Crippen LogP contribution in [0.2, 0.25) is 0 Å². The first-order chi connectivity index (χ1) is 10.2. The van der Waals surface area contributed by atoms with E-state index >= 15 is 0 Å². The van der Waals surface area contributed by atoms with Crippen LogP contribution in [0, 0.1) is 0 Å². The molecule has 2 aromatic carbocycles. The van der Waals surface area contributed by atoms with Gasteiger partial charge in [-0.1, -0.05) is 36.4 Å². The Morgan fingerprint density at radius 1 is 1.10 bits per heavy atom. The fourth-order valence-corrected chi connectivity index (χ4v) is 2.24. The lowest BCUT2D eigenvalue weighted by atomic mass is 10.1. The molecule has 0 bridgehead atoms. The van der Waals surface area contributed by atoms with Crippen molar-refractivity contribution in [3.8, 4) is 11.5 Å². The van der Waals surface area contributed by atoms with Gasteiger partial charge in [-0.25, -0.2) is 0 Å². The van der Waals surface area contributed by atoms with E-state index < -0.39 is 0 Å². The number of hydrogen-bond donors (Lipinski definition) is 1. The summed E-state index contributed by atoms with van der Waals surface area (Å²) in [6.45, 7) is 2.64. The smallest absolute Gasteiger partial charge is 0.126 e. The summed E-state index contributed by atoms with van der Waals surface area (Å²) in [5, 5.41) is 0. The summed E-state index contributed by atoms with van der Waals surface area (Å²) in [5.74, 6) is 1.67. The minimum Gasteiger partial charge on any atom is -0.497 e. The molecule has 0 radical (unpaired) electrons. The first-order valence-corrected chi connectivity index (χ1v) is 7.28. The highest BCUT2D eigenvalue weighted by molar-refractivity contribution is 5.41. The van der Waals surface area contributed by atoms with Crippen molar-refractivity contribution in [3.05, 3.63) is 59.7 Å². The van der Waals surface area contributed by atoms with Gasteiger partial charge in [0.15, 0.2) is 0 Å². The van der Waals surface area contributed by atoms with Crippen molar-refractivity contribution < 1.29 is 9.47 Å². The molecule has 3 nitrogen and oxygen atoms in total. The molecule has 3 heteroatoms. The molecule has 0 aliphatic carbocycles. The third-order valence-electron chi connectivity index (χ3n) is 3.31. The second-order valence-electron chi connectivity index (χ2n) is 5.24. The van der Waals surface area contributed by atoms with Gasteiger partial charge in [-0.15, -0.1) is 0 Å². The summed E-state index contributed by atoms with van der Waals surface area (Å²) in [5.41, 5.74) is 8.29. The predicted molar refractivity (Wildman–Crippen MR) is 86.0 cm³/mol. The van der Waals surface area contributed by atoms with Crippen LogP contribution in [0.25, 0.3) is 0 Å². The van der Waals surface area contributed by atoms with Gasteiger partial charge in [-0.2, -0.15) is 0 Å². The fraction of sp³-hybridized carbons (Fsp3) is 0.333. The summed E-state index contributed by atoms with van der Waals surface area (Å²) in [4.78, 5) is 0. The van der Waals surface area contributed by atoms with E-state index in [9.17, 15) is 0 Å². The molecule has 2 aromatic rings. The van der Waals surface area contributed by atoms with Gasteiger partial charge in [-0.05, 0) is 30.5 Å². The summed E-state index contributed by atoms with van der Waals surface area (Å²) in [6.07, 6.45) is 1.68. The molecular weight excluding hydrogens is 262 g/mol. The molecule has 0 aliphatic heterocycles. The molecule has 0 saturated heterocycles. The van der Waals surface area contributed by atoms with Gasteiger partial charge in [0.1, 0.15) is 11.5 Å². The second kappa shape index (κ2) is 7.70. The Balaban J connectivity index is 2.02. The third kappa shape index (κ3) is 4.80. The Hall–Kier alpha value is -2.00. The number of nitrogens with two attached hydrogens (primary N) is 1. The van der Waals surface area contributed by atoms with Crippen molar-refractivity contribution in [2.24, 2.45) is 5.73 Å². The quantitative estimate of drug-likeness (QED) is 0.849. The second-order valence-corrected chi connectivity index (χ2v) is 5.24. The highest BCUT2D eigenvalue weighted by Gasteiger charge is 2.08. The molecule has 0 amide bonds. The summed E-state index contributed by atoms with van der Waals surface area (Å²) < 4.78 is 11.2. The first kappa shape index (κ1) is 15.4. The lowest BCUT2D eigenvalue weighted by Gasteiger charge is -2.14. The van der Waals surface area contributed by atoms with Crippen LogP contribution in [-0.4, -0.2) is 19.8 Å². The summed E-state index contributed by atoms with van der Waals surface area (Å²) in [7, 11) is 1.66. The van der Waals surface area contributed by atoms with Crippen LogP contribution < -0.4 is 15.2 Å². The number of rotatable bonds is 7. The first-order valence-electron chi connectivity index (χ1n) is 7.28. The fourth-order valence-electron chi connectivity index (χ4n) is 2.24. The van der Waals surface area contributed by atoms with Crippen molar-refractivity contribution in [2.45, 2.75) is 25.8 Å². The largest absolute Gasteiger partial charge is 0.497 e. The highest BCUT2D eigenvalue weighted by Crippen LogP contribution is 2.26. The van der Waals surface area contributed by atoms with Gasteiger partial charge >= 0.3 is 0 Å². The number of ether oxygens (including phenoxy) is 2. The maximum absolute atomic E-state index is 5.95. The number of methoxy groups -OCH3 is 1. The lowest BCUT2D eigenvalue weighted by molar-refractivity contribution is 0.315. The van der Waals surface area contributed by atoms with Crippen LogP contribution in [0.15, 0.2) is 48.5 Å². The van der Waals surface area contributed by atoms with E-state index in [2.05, 4.69) is 12.1 Å². The molecule has 0 aliphatic rings. The zero-order valence-electron chi connectivity index (χ0n) is 12.7. The van der Waals surface area contributed by atoms with Crippen molar-refractivity contribution in [3.63, 3.8) is 0 Å². The SMILES string of the molecule is COc1ccc(CC(C)N)c(OCCc2ccccc2)c1. The molecule has 1 atom stereocenters. The molecule has 0 heterocycles. The molecule has 0 fully saturated rings. The zero-order chi connectivity index (χ0) is 15.1. The van der Waals surface area contributed by atoms with E-state index in [0.717, 1.165) is 29.9 Å². The van der Waals surface area contributed by atoms with Crippen LogP contribution >= 0.6 is 0 Å². The molecule has 1 unspecified atom stereocenters. The average Bonchev–Trinajstić information content (AvgIpc) is 2.49. The Bertz CT molecular complexity index is 552. The van der Waals surface area contributed by atoms with Crippen molar-refractivity contribution >= 4 is 0 Å². The number of hydrogen-bond acceptors (Lipinski definition) is 3. The Kier molecular flexibility index (Phi) is 5.64. The predicted octanol–water partition coefficient (Wildman–Crippen LogP) is 3.21. The van der Waals surface area contributed by atoms with Crippen LogP contribution in [0.1, 0.15) is 18.1 Å². The zero-order valence-corrected chi connectivity index (χ0v) is 12.7. The van der Waals surface area contributed by atoms with Gasteiger partial charge in [0, 0.05) is 18.5 Å². The van der Waals surface area contributed by atoms with Gasteiger partial charge in [-0.3, -0.25) is 0 Å². The van der Waals surface area contributed by atoms with E-state index in [0.29, 0.717) is 6.61 Å². The van der Waals surface area contributed by atoms with Gasteiger partial charge in [0.2, 0.25) is 0 Å². The van der Waals surface area contributed by atoms with E-state index in [-0.39, 0.29) is 6.04 Å². The number of benzene rings is 2. The van der Waals surface area contributed by atoms with Crippen LogP contribution in [-0.2, 0) is 12.8 Å². The summed E-state index contributed by atoms with van der Waals surface area (Å²) in [6, 6.07) is 16.3. The van der Waals surface area contributed by atoms with Crippen LogP contribution in [0.3, 0.4) is 0 Å². The minimum atomic E-state index is 0.106. The van der Waals surface area contributed by atoms with E-state index in [4.69, 9.17) is 15.2 Å². The Labute approximate surface area is 126 Å². The van der Waals surface area contributed by atoms with E-state index in [1.54, 1.807) is 7.11 Å². The van der Waals surface area contributed by atoms with Gasteiger partial charge < -0.3 is 15.2 Å². The molecule has 0 spiro atoms. The monoisotopic (exact) mass is 285 g/mol. The molecule has 0 saturated carbocycles. The lowest BCUT2D eigenvalue weighted by Crippen LogP contribution is -2.18. The molecule has 2 N–H and O–H groups in total. The molecule has 0 aromatic heterocycles. The van der Waals surface area contributed by atoms with Crippen LogP contribution in [0.4, 0.5) is 0 Å². The molecular formula is C18H23NO2. The van der Waals surface area contributed by atoms with Gasteiger partial charge in [0.05, 0.1) is 13.7 Å². The Morgan fingerprint density at radius 3 is 2.52 bits per heavy atom. The van der Waals surface area contributed by atoms with Crippen molar-refractivity contribution in [1.29, 1.82) is 0 Å². The van der Waals surface area contributed by atoms with Crippen molar-refractivity contribution in [2.75, 3.05) is 13.7 Å². The Morgan fingerprint density at radius 2 is 1.86 bits per heavy atom. The molecule has 21 heavy (non-hydrogen) atoms. The average molecular weight is 285 g/mol. The molecule has 112 valence electrons. The van der Waals surface area contributed by atoms with E-state index in [1.165, 1.54) is 5.56 Å². The van der Waals surface area contributed by atoms with Crippen molar-refractivity contribution in [1.82, 2.24) is 0 Å². The van der Waals surface area contributed by atoms with Gasteiger partial charge in [0.25, 0.3) is 0 Å². The third-order valence-corrected chi connectivity index (χ3v) is 3.31. The normalized spacial score (nSPS) is 12.0. The summed E-state index contributed by atoms with van der Waals surface area (Å²) >= 11 is 0. The maximum Gasteiger partial charge on any atom is 0.126 e. The standard InChI is InChI=1S/C18H23NO2/c1-14(19)12-16-8-9-17(20-2)13-18(16)21-11-10-15-6-4-3-5-7-15/h3-9,13-14H,10-12,19H2,1-2H3. The minimum absolute atomic E-state index is 0.106. The highest BCUT2D eigenvalue weighted by atomic mass is 16.5. The van der Waals surface area contributed by atoms with E-state index in [1.807, 2.05) is 43.3 Å². The van der Waals surface area contributed by atoms with Crippen LogP contribution in [0.5, 0.6) is 11.5 Å².